The maximum absolute atomic E-state index is 13.0. The van der Waals surface area contributed by atoms with Crippen LogP contribution in [0.15, 0.2) is 46.2 Å². The molecule has 0 fully saturated rings. The van der Waals surface area contributed by atoms with E-state index in [1.54, 1.807) is 43.3 Å². The molecule has 0 aliphatic rings. The van der Waals surface area contributed by atoms with Gasteiger partial charge in [0.1, 0.15) is 10.0 Å². The van der Waals surface area contributed by atoms with Crippen LogP contribution in [0.3, 0.4) is 0 Å². The van der Waals surface area contributed by atoms with Crippen molar-refractivity contribution in [1.29, 1.82) is 0 Å². The minimum atomic E-state index is -3.70. The van der Waals surface area contributed by atoms with Crippen LogP contribution in [0.25, 0.3) is 5.65 Å². The van der Waals surface area contributed by atoms with Crippen LogP contribution in [-0.2, 0) is 16.3 Å². The zero-order valence-corrected chi connectivity index (χ0v) is 13.7. The van der Waals surface area contributed by atoms with Crippen molar-refractivity contribution in [2.45, 2.75) is 30.1 Å². The van der Waals surface area contributed by atoms with Gasteiger partial charge in [0.2, 0.25) is 9.84 Å². The first-order chi connectivity index (χ1) is 10.4. The second-order valence-corrected chi connectivity index (χ2v) is 7.18. The van der Waals surface area contributed by atoms with Crippen molar-refractivity contribution >= 4 is 27.1 Å². The van der Waals surface area contributed by atoms with Crippen LogP contribution in [-0.4, -0.2) is 23.0 Å². The summed E-state index contributed by atoms with van der Waals surface area (Å²) in [6.07, 6.45) is 0.472. The minimum absolute atomic E-state index is 0.131. The lowest BCUT2D eigenvalue weighted by Crippen LogP contribution is -2.05. The number of hydrogen-bond acceptors (Lipinski definition) is 4. The zero-order chi connectivity index (χ0) is 15.9. The van der Waals surface area contributed by atoms with Crippen molar-refractivity contribution < 1.29 is 8.42 Å². The quantitative estimate of drug-likeness (QED) is 0.690. The van der Waals surface area contributed by atoms with E-state index < -0.39 is 9.84 Å². The van der Waals surface area contributed by atoms with Crippen LogP contribution < -0.4 is 0 Å². The molecule has 0 aliphatic heterocycles. The molecule has 0 N–H and O–H groups in total. The molecule has 3 aromatic rings. The summed E-state index contributed by atoms with van der Waals surface area (Å²) in [5, 5.41) is 4.65. The fourth-order valence-corrected chi connectivity index (χ4v) is 4.24. The number of aryl methyl sites for hydroxylation is 2. The molecule has 0 saturated heterocycles. The van der Waals surface area contributed by atoms with Gasteiger partial charge in [-0.3, -0.25) is 0 Å². The number of halogens is 1. The van der Waals surface area contributed by atoms with E-state index in [2.05, 4.69) is 10.1 Å². The van der Waals surface area contributed by atoms with Gasteiger partial charge < -0.3 is 0 Å². The van der Waals surface area contributed by atoms with E-state index in [9.17, 15) is 8.42 Å². The van der Waals surface area contributed by atoms with Gasteiger partial charge >= 0.3 is 0 Å². The number of nitrogens with zero attached hydrogens (tertiary/aromatic N) is 3. The number of benzene rings is 1. The van der Waals surface area contributed by atoms with E-state index in [1.807, 2.05) is 6.92 Å². The molecule has 0 amide bonds. The van der Waals surface area contributed by atoms with Crippen LogP contribution in [0.5, 0.6) is 0 Å². The normalized spacial score (nSPS) is 12.0. The molecule has 2 heterocycles. The van der Waals surface area contributed by atoms with Gasteiger partial charge in [-0.05, 0) is 31.5 Å². The summed E-state index contributed by atoms with van der Waals surface area (Å²) in [6, 6.07) is 9.94. The Morgan fingerprint density at radius 3 is 2.55 bits per heavy atom. The van der Waals surface area contributed by atoms with E-state index in [1.165, 1.54) is 4.52 Å². The third-order valence-electron chi connectivity index (χ3n) is 3.36. The van der Waals surface area contributed by atoms with Crippen molar-refractivity contribution in [2.24, 2.45) is 0 Å². The smallest absolute Gasteiger partial charge is 0.212 e. The predicted molar refractivity (Wildman–Crippen MR) is 84.0 cm³/mol. The fraction of sp³-hybridized carbons (Fsp3) is 0.200. The SMILES string of the molecule is CCc1nn2c(Cl)cc(C)nc2c1S(=O)(=O)c1ccccc1. The number of hydrogen-bond donors (Lipinski definition) is 0. The standard InChI is InChI=1S/C15H14ClN3O2S/c1-3-12-14(22(20,21)11-7-5-4-6-8-11)15-17-10(2)9-13(16)19(15)18-12/h4-9H,3H2,1-2H3. The van der Waals surface area contributed by atoms with Crippen LogP contribution >= 0.6 is 11.6 Å². The van der Waals surface area contributed by atoms with Gasteiger partial charge in [-0.1, -0.05) is 36.7 Å². The van der Waals surface area contributed by atoms with Gasteiger partial charge in [0.15, 0.2) is 5.65 Å². The largest absolute Gasteiger partial charge is 0.233 e. The lowest BCUT2D eigenvalue weighted by Gasteiger charge is -2.05. The number of rotatable bonds is 3. The molecule has 0 bridgehead atoms. The van der Waals surface area contributed by atoms with Crippen molar-refractivity contribution in [2.75, 3.05) is 0 Å². The maximum atomic E-state index is 13.0. The first kappa shape index (κ1) is 15.0. The number of sulfone groups is 1. The highest BCUT2D eigenvalue weighted by molar-refractivity contribution is 7.91. The number of aromatic nitrogens is 3. The molecule has 3 rings (SSSR count). The fourth-order valence-electron chi connectivity index (χ4n) is 2.34. The molecule has 1 aromatic carbocycles. The average Bonchev–Trinajstić information content (AvgIpc) is 2.87. The number of fused-ring (bicyclic) bond motifs is 1. The Labute approximate surface area is 133 Å². The third-order valence-corrected chi connectivity index (χ3v) is 5.47. The summed E-state index contributed by atoms with van der Waals surface area (Å²) in [6.45, 7) is 3.62. The van der Waals surface area contributed by atoms with E-state index >= 15 is 0 Å². The molecule has 0 saturated carbocycles. The van der Waals surface area contributed by atoms with Crippen molar-refractivity contribution in [3.8, 4) is 0 Å². The minimum Gasteiger partial charge on any atom is -0.233 e. The average molecular weight is 336 g/mol. The Morgan fingerprint density at radius 1 is 1.23 bits per heavy atom. The monoisotopic (exact) mass is 335 g/mol. The Hall–Kier alpha value is -1.92. The first-order valence-electron chi connectivity index (χ1n) is 6.80. The van der Waals surface area contributed by atoms with Gasteiger partial charge in [0, 0.05) is 5.69 Å². The second-order valence-electron chi connectivity index (χ2n) is 4.90. The summed E-state index contributed by atoms with van der Waals surface area (Å²) in [5.74, 6) is 0. The van der Waals surface area contributed by atoms with E-state index in [4.69, 9.17) is 11.6 Å². The van der Waals surface area contributed by atoms with Crippen molar-refractivity contribution in [3.05, 3.63) is 52.9 Å². The zero-order valence-electron chi connectivity index (χ0n) is 12.1. The van der Waals surface area contributed by atoms with Crippen molar-refractivity contribution in [3.63, 3.8) is 0 Å². The summed E-state index contributed by atoms with van der Waals surface area (Å²) in [7, 11) is -3.70. The second kappa shape index (κ2) is 5.37. The van der Waals surface area contributed by atoms with Crippen molar-refractivity contribution in [1.82, 2.24) is 14.6 Å². The van der Waals surface area contributed by atoms with E-state index in [0.717, 1.165) is 0 Å². The van der Waals surface area contributed by atoms with Crippen LogP contribution in [0.4, 0.5) is 0 Å². The molecule has 0 radical (unpaired) electrons. The molecule has 22 heavy (non-hydrogen) atoms. The van der Waals surface area contributed by atoms with Gasteiger partial charge in [-0.2, -0.15) is 5.10 Å². The van der Waals surface area contributed by atoms with Gasteiger partial charge in [0.25, 0.3) is 0 Å². The van der Waals surface area contributed by atoms with Gasteiger partial charge in [0.05, 0.1) is 10.6 Å². The Bertz CT molecular complexity index is 950. The van der Waals surface area contributed by atoms with Gasteiger partial charge in [-0.15, -0.1) is 0 Å². The summed E-state index contributed by atoms with van der Waals surface area (Å²) >= 11 is 6.17. The highest BCUT2D eigenvalue weighted by Crippen LogP contribution is 2.29. The van der Waals surface area contributed by atoms with Crippen LogP contribution in [0, 0.1) is 6.92 Å². The molecular weight excluding hydrogens is 322 g/mol. The molecule has 2 aromatic heterocycles. The summed E-state index contributed by atoms with van der Waals surface area (Å²) < 4.78 is 27.3. The van der Waals surface area contributed by atoms with Gasteiger partial charge in [-0.25, -0.2) is 17.9 Å². The van der Waals surface area contributed by atoms with Crippen LogP contribution in [0.1, 0.15) is 18.3 Å². The molecule has 0 atom stereocenters. The lowest BCUT2D eigenvalue weighted by molar-refractivity contribution is 0.595. The topological polar surface area (TPSA) is 64.3 Å². The molecule has 7 heteroatoms. The summed E-state index contributed by atoms with van der Waals surface area (Å²) in [5.41, 5.74) is 1.37. The first-order valence-corrected chi connectivity index (χ1v) is 8.66. The highest BCUT2D eigenvalue weighted by Gasteiger charge is 2.28. The van der Waals surface area contributed by atoms with E-state index in [-0.39, 0.29) is 15.4 Å². The molecule has 0 unspecified atom stereocenters. The molecule has 114 valence electrons. The predicted octanol–water partition coefficient (Wildman–Crippen LogP) is 3.09. The Kier molecular flexibility index (Phi) is 3.66. The molecule has 5 nitrogen and oxygen atoms in total. The molecule has 0 aliphatic carbocycles. The highest BCUT2D eigenvalue weighted by atomic mass is 35.5. The Morgan fingerprint density at radius 2 is 1.91 bits per heavy atom. The summed E-state index contributed by atoms with van der Waals surface area (Å²) in [4.78, 5) is 4.69. The maximum Gasteiger partial charge on any atom is 0.212 e. The Balaban J connectivity index is 2.40. The third kappa shape index (κ3) is 2.28. The molecular formula is C15H14ClN3O2S. The molecule has 0 spiro atoms. The lowest BCUT2D eigenvalue weighted by atomic mass is 10.3. The van der Waals surface area contributed by atoms with E-state index in [0.29, 0.717) is 23.0 Å². The van der Waals surface area contributed by atoms with Crippen LogP contribution in [0.2, 0.25) is 5.15 Å².